The molecule has 4 N–H and O–H groups in total. The number of nitrogens with zero attached hydrogens (tertiary/aromatic N) is 1. The second kappa shape index (κ2) is 4.03. The predicted molar refractivity (Wildman–Crippen MR) is 66.4 cm³/mol. The average molecular weight is 265 g/mol. The lowest BCUT2D eigenvalue weighted by atomic mass is 9.85. The first kappa shape index (κ1) is 12.6. The van der Waals surface area contributed by atoms with Gasteiger partial charge in [-0.2, -0.15) is 0 Å². The second-order valence-corrected chi connectivity index (χ2v) is 6.06. The Bertz CT molecular complexity index is 444. The van der Waals surface area contributed by atoms with Gasteiger partial charge < -0.3 is 11.5 Å². The zero-order valence-electron chi connectivity index (χ0n) is 10.8. The van der Waals surface area contributed by atoms with Gasteiger partial charge >= 0.3 is 0 Å². The van der Waals surface area contributed by atoms with Gasteiger partial charge in [0.1, 0.15) is 0 Å². The van der Waals surface area contributed by atoms with Gasteiger partial charge in [-0.25, -0.2) is 0 Å². The maximum Gasteiger partial charge on any atom is 0.237 e. The number of likely N-dealkylation sites (tertiary alicyclic amines) is 1. The molecule has 1 aliphatic heterocycles. The number of carbonyl (C=O) groups excluding carboxylic acids is 3. The van der Waals surface area contributed by atoms with Gasteiger partial charge in [0, 0.05) is 6.54 Å². The molecule has 6 heteroatoms. The Morgan fingerprint density at radius 1 is 1.32 bits per heavy atom. The van der Waals surface area contributed by atoms with Crippen molar-refractivity contribution in [3.8, 4) is 0 Å². The number of imide groups is 1. The van der Waals surface area contributed by atoms with Crippen LogP contribution in [0.2, 0.25) is 0 Å². The Morgan fingerprint density at radius 3 is 2.53 bits per heavy atom. The minimum atomic E-state index is -0.964. The SMILES string of the molecule is NC(=O)C1(N)CCCC1CCN1C(=O)C2CC2C1=O. The van der Waals surface area contributed by atoms with Crippen molar-refractivity contribution in [2.75, 3.05) is 6.54 Å². The van der Waals surface area contributed by atoms with E-state index < -0.39 is 11.4 Å². The number of amides is 3. The van der Waals surface area contributed by atoms with Crippen LogP contribution in [0.25, 0.3) is 0 Å². The maximum atomic E-state index is 11.8. The van der Waals surface area contributed by atoms with E-state index >= 15 is 0 Å². The molecule has 1 heterocycles. The topological polar surface area (TPSA) is 106 Å². The maximum absolute atomic E-state index is 11.8. The summed E-state index contributed by atoms with van der Waals surface area (Å²) in [5, 5.41) is 0. The molecule has 3 rings (SSSR count). The molecule has 6 nitrogen and oxygen atoms in total. The molecular formula is C13H19N3O3. The molecule has 19 heavy (non-hydrogen) atoms. The standard InChI is InChI=1S/C13H19N3O3/c14-12(19)13(15)4-1-2-7(13)3-5-16-10(17)8-6-9(8)11(16)18/h7-9H,1-6,15H2,(H2,14,19). The number of nitrogens with two attached hydrogens (primary N) is 2. The Hall–Kier alpha value is -1.43. The molecule has 2 aliphatic carbocycles. The van der Waals surface area contributed by atoms with Crippen LogP contribution < -0.4 is 11.5 Å². The molecule has 0 bridgehead atoms. The summed E-state index contributed by atoms with van der Waals surface area (Å²) < 4.78 is 0. The molecule has 0 aromatic carbocycles. The first-order chi connectivity index (χ1) is 8.95. The van der Waals surface area contributed by atoms with Crippen LogP contribution in [0.4, 0.5) is 0 Å². The van der Waals surface area contributed by atoms with E-state index in [-0.39, 0.29) is 29.6 Å². The summed E-state index contributed by atoms with van der Waals surface area (Å²) in [5.41, 5.74) is 10.5. The monoisotopic (exact) mass is 265 g/mol. The van der Waals surface area contributed by atoms with E-state index in [1.807, 2.05) is 0 Å². The molecule has 0 radical (unpaired) electrons. The summed E-state index contributed by atoms with van der Waals surface area (Å²) >= 11 is 0. The van der Waals surface area contributed by atoms with E-state index in [0.717, 1.165) is 19.3 Å². The molecule has 4 unspecified atom stereocenters. The summed E-state index contributed by atoms with van der Waals surface area (Å²) in [6, 6.07) is 0. The summed E-state index contributed by atoms with van der Waals surface area (Å²) in [6.07, 6.45) is 3.61. The molecule has 3 aliphatic rings. The number of hydrogen-bond donors (Lipinski definition) is 2. The Labute approximate surface area is 111 Å². The predicted octanol–water partition coefficient (Wildman–Crippen LogP) is -0.636. The first-order valence-corrected chi connectivity index (χ1v) is 6.89. The molecule has 0 spiro atoms. The third-order valence-electron chi connectivity index (χ3n) is 4.99. The number of rotatable bonds is 4. The number of primary amides is 1. The highest BCUT2D eigenvalue weighted by Crippen LogP contribution is 2.47. The van der Waals surface area contributed by atoms with E-state index in [4.69, 9.17) is 11.5 Å². The fourth-order valence-electron chi connectivity index (χ4n) is 3.58. The van der Waals surface area contributed by atoms with Crippen LogP contribution in [0.1, 0.15) is 32.1 Å². The lowest BCUT2D eigenvalue weighted by Gasteiger charge is -2.29. The quantitative estimate of drug-likeness (QED) is 0.659. The molecule has 1 saturated heterocycles. The molecule has 3 amide bonds. The van der Waals surface area contributed by atoms with Gasteiger partial charge in [-0.1, -0.05) is 6.42 Å². The Balaban J connectivity index is 1.62. The van der Waals surface area contributed by atoms with Gasteiger partial charge in [0.25, 0.3) is 0 Å². The van der Waals surface area contributed by atoms with E-state index in [0.29, 0.717) is 19.4 Å². The normalized spacial score (nSPS) is 40.7. The van der Waals surface area contributed by atoms with Crippen LogP contribution in [0, 0.1) is 17.8 Å². The lowest BCUT2D eigenvalue weighted by Crippen LogP contribution is -2.55. The van der Waals surface area contributed by atoms with Gasteiger partial charge in [-0.3, -0.25) is 19.3 Å². The van der Waals surface area contributed by atoms with Crippen molar-refractivity contribution in [2.24, 2.45) is 29.2 Å². The molecule has 4 atom stereocenters. The van der Waals surface area contributed by atoms with E-state index in [1.165, 1.54) is 4.90 Å². The van der Waals surface area contributed by atoms with Crippen molar-refractivity contribution in [3.05, 3.63) is 0 Å². The van der Waals surface area contributed by atoms with Crippen LogP contribution in [0.3, 0.4) is 0 Å². The van der Waals surface area contributed by atoms with Crippen molar-refractivity contribution < 1.29 is 14.4 Å². The number of fused-ring (bicyclic) bond motifs is 1. The molecule has 2 saturated carbocycles. The zero-order chi connectivity index (χ0) is 13.8. The van der Waals surface area contributed by atoms with E-state index in [9.17, 15) is 14.4 Å². The number of piperidine rings is 1. The van der Waals surface area contributed by atoms with Gasteiger partial charge in [-0.05, 0) is 31.6 Å². The highest BCUT2D eigenvalue weighted by atomic mass is 16.2. The van der Waals surface area contributed by atoms with Gasteiger partial charge in [0.15, 0.2) is 0 Å². The van der Waals surface area contributed by atoms with Crippen molar-refractivity contribution in [1.82, 2.24) is 4.90 Å². The Morgan fingerprint density at radius 2 is 1.95 bits per heavy atom. The van der Waals surface area contributed by atoms with Crippen molar-refractivity contribution in [2.45, 2.75) is 37.6 Å². The zero-order valence-corrected chi connectivity index (χ0v) is 10.8. The molecule has 3 fully saturated rings. The van der Waals surface area contributed by atoms with Gasteiger partial charge in [0.05, 0.1) is 17.4 Å². The highest BCUT2D eigenvalue weighted by molar-refractivity contribution is 6.08. The Kier molecular flexibility index (Phi) is 2.67. The third-order valence-corrected chi connectivity index (χ3v) is 4.99. The molecule has 0 aromatic rings. The van der Waals surface area contributed by atoms with Crippen LogP contribution >= 0.6 is 0 Å². The lowest BCUT2D eigenvalue weighted by molar-refractivity contribution is -0.141. The number of hydrogen-bond acceptors (Lipinski definition) is 4. The molecule has 104 valence electrons. The fraction of sp³-hybridized carbons (Fsp3) is 0.769. The van der Waals surface area contributed by atoms with Crippen LogP contribution in [-0.4, -0.2) is 34.7 Å². The van der Waals surface area contributed by atoms with E-state index in [2.05, 4.69) is 0 Å². The van der Waals surface area contributed by atoms with Crippen molar-refractivity contribution >= 4 is 17.7 Å². The largest absolute Gasteiger partial charge is 0.368 e. The average Bonchev–Trinajstić information content (AvgIpc) is 3.02. The highest BCUT2D eigenvalue weighted by Gasteiger charge is 2.58. The second-order valence-electron chi connectivity index (χ2n) is 6.06. The minimum absolute atomic E-state index is 0.0254. The van der Waals surface area contributed by atoms with Crippen molar-refractivity contribution in [3.63, 3.8) is 0 Å². The summed E-state index contributed by atoms with van der Waals surface area (Å²) in [5.74, 6) is -0.714. The summed E-state index contributed by atoms with van der Waals surface area (Å²) in [6.45, 7) is 0.377. The fourth-order valence-corrected chi connectivity index (χ4v) is 3.58. The smallest absolute Gasteiger partial charge is 0.237 e. The van der Waals surface area contributed by atoms with Crippen molar-refractivity contribution in [1.29, 1.82) is 0 Å². The van der Waals surface area contributed by atoms with Crippen LogP contribution in [0.15, 0.2) is 0 Å². The molecule has 0 aromatic heterocycles. The number of carbonyl (C=O) groups is 3. The van der Waals surface area contributed by atoms with E-state index in [1.54, 1.807) is 0 Å². The summed E-state index contributed by atoms with van der Waals surface area (Å²) in [7, 11) is 0. The first-order valence-electron chi connectivity index (χ1n) is 6.89. The third kappa shape index (κ3) is 1.77. The van der Waals surface area contributed by atoms with Gasteiger partial charge in [0.2, 0.25) is 17.7 Å². The molecular weight excluding hydrogens is 246 g/mol. The van der Waals surface area contributed by atoms with Crippen LogP contribution in [0.5, 0.6) is 0 Å². The van der Waals surface area contributed by atoms with Gasteiger partial charge in [-0.15, -0.1) is 0 Å². The minimum Gasteiger partial charge on any atom is -0.368 e. The summed E-state index contributed by atoms with van der Waals surface area (Å²) in [4.78, 5) is 36.5. The van der Waals surface area contributed by atoms with Crippen LogP contribution in [-0.2, 0) is 14.4 Å².